The number of aromatic nitrogens is 1. The van der Waals surface area contributed by atoms with E-state index in [-0.39, 0.29) is 11.9 Å². The fourth-order valence-electron chi connectivity index (χ4n) is 4.35. The minimum Gasteiger partial charge on any atom is -0.368 e. The second-order valence-electron chi connectivity index (χ2n) is 9.13. The number of nitrogens with zero attached hydrogens (tertiary/aromatic N) is 3. The Morgan fingerprint density at radius 3 is 2.60 bits per heavy atom. The maximum Gasteiger partial charge on any atom is 0.321 e. The molecule has 1 fully saturated rings. The summed E-state index contributed by atoms with van der Waals surface area (Å²) >= 11 is 0. The molecule has 190 valence electrons. The largest absolute Gasteiger partial charge is 0.368 e. The molecule has 0 radical (unpaired) electrons. The molecule has 0 unspecified atom stereocenters. The molecule has 1 aliphatic rings. The lowest BCUT2D eigenvalue weighted by Crippen LogP contribution is -2.44. The Hall–Kier alpha value is -2.93. The van der Waals surface area contributed by atoms with Gasteiger partial charge < -0.3 is 15.0 Å². The lowest BCUT2D eigenvalue weighted by Gasteiger charge is -2.30. The Labute approximate surface area is 209 Å². The second-order valence-corrected chi connectivity index (χ2v) is 9.13. The molecule has 3 rings (SSSR count). The van der Waals surface area contributed by atoms with Crippen molar-refractivity contribution in [2.75, 3.05) is 38.2 Å². The van der Waals surface area contributed by atoms with Crippen molar-refractivity contribution in [2.24, 2.45) is 0 Å². The molecule has 7 nitrogen and oxygen atoms in total. The van der Waals surface area contributed by atoms with Crippen LogP contribution in [-0.4, -0.2) is 61.2 Å². The van der Waals surface area contributed by atoms with Crippen LogP contribution >= 0.6 is 0 Å². The standard InChI is InChI=1S/C28H40N4O3/c1-4-6-8-16-29-28(34)31(3)24-13-11-12-23(20-24)25-15-14-22(21-30-25)19-26(35-5-2)27(33)32-17-9-7-10-18-32/h11-15,20-21,26H,4-10,16-19H2,1-3H3,(H,29,34)/t26-/m0/s1. The summed E-state index contributed by atoms with van der Waals surface area (Å²) < 4.78 is 5.82. The number of nitrogens with one attached hydrogen (secondary N) is 1. The molecule has 2 aromatic rings. The monoisotopic (exact) mass is 480 g/mol. The SMILES string of the molecule is CCCCCNC(=O)N(C)c1cccc(-c2ccc(C[C@H](OCC)C(=O)N3CCCCC3)cn2)c1. The number of benzene rings is 1. The van der Waals surface area contributed by atoms with Crippen LogP contribution in [0.15, 0.2) is 42.6 Å². The van der Waals surface area contributed by atoms with E-state index in [0.717, 1.165) is 67.7 Å². The zero-order valence-corrected chi connectivity index (χ0v) is 21.5. The van der Waals surface area contributed by atoms with Crippen LogP contribution < -0.4 is 10.2 Å². The number of hydrogen-bond donors (Lipinski definition) is 1. The number of carbonyl (C=O) groups is 2. The van der Waals surface area contributed by atoms with E-state index in [1.165, 1.54) is 6.42 Å². The Morgan fingerprint density at radius 1 is 1.11 bits per heavy atom. The van der Waals surface area contributed by atoms with Crippen LogP contribution in [0.2, 0.25) is 0 Å². The van der Waals surface area contributed by atoms with Crippen molar-refractivity contribution < 1.29 is 14.3 Å². The van der Waals surface area contributed by atoms with Gasteiger partial charge in [-0.1, -0.05) is 38.0 Å². The number of likely N-dealkylation sites (tertiary alicyclic amines) is 1. The molecule has 3 amide bonds. The first-order valence-corrected chi connectivity index (χ1v) is 13.0. The van der Waals surface area contributed by atoms with Gasteiger partial charge in [-0.3, -0.25) is 14.7 Å². The van der Waals surface area contributed by atoms with E-state index in [1.54, 1.807) is 11.9 Å². The maximum absolute atomic E-state index is 13.0. The van der Waals surface area contributed by atoms with E-state index >= 15 is 0 Å². The summed E-state index contributed by atoms with van der Waals surface area (Å²) in [6.45, 7) is 6.90. The smallest absolute Gasteiger partial charge is 0.321 e. The molecule has 1 aliphatic heterocycles. The highest BCUT2D eigenvalue weighted by Gasteiger charge is 2.26. The minimum atomic E-state index is -0.474. The first-order chi connectivity index (χ1) is 17.0. The second kappa shape index (κ2) is 13.8. The third-order valence-electron chi connectivity index (χ3n) is 6.45. The molecule has 1 aromatic carbocycles. The van der Waals surface area contributed by atoms with Crippen molar-refractivity contribution in [1.82, 2.24) is 15.2 Å². The molecule has 2 heterocycles. The molecule has 35 heavy (non-hydrogen) atoms. The van der Waals surface area contributed by atoms with Crippen LogP contribution in [-0.2, 0) is 16.0 Å². The maximum atomic E-state index is 13.0. The number of amides is 3. The van der Waals surface area contributed by atoms with Gasteiger partial charge >= 0.3 is 6.03 Å². The van der Waals surface area contributed by atoms with Crippen LogP contribution in [0.4, 0.5) is 10.5 Å². The van der Waals surface area contributed by atoms with Gasteiger partial charge in [-0.2, -0.15) is 0 Å². The average molecular weight is 481 g/mol. The molecule has 1 aromatic heterocycles. The Balaban J connectivity index is 1.64. The van der Waals surface area contributed by atoms with Gasteiger partial charge in [-0.05, 0) is 56.4 Å². The molecule has 0 aliphatic carbocycles. The average Bonchev–Trinajstić information content (AvgIpc) is 2.91. The van der Waals surface area contributed by atoms with E-state index in [1.807, 2.05) is 54.4 Å². The quantitative estimate of drug-likeness (QED) is 0.457. The molecule has 0 spiro atoms. The molecule has 1 atom stereocenters. The minimum absolute atomic E-state index is 0.0827. The number of unbranched alkanes of at least 4 members (excludes halogenated alkanes) is 2. The normalized spacial score (nSPS) is 14.4. The Kier molecular flexibility index (Phi) is 10.5. The predicted molar refractivity (Wildman–Crippen MR) is 141 cm³/mol. The predicted octanol–water partition coefficient (Wildman–Crippen LogP) is 5.04. The van der Waals surface area contributed by atoms with Gasteiger partial charge in [-0.15, -0.1) is 0 Å². The van der Waals surface area contributed by atoms with Crippen molar-refractivity contribution in [2.45, 2.75) is 64.9 Å². The van der Waals surface area contributed by atoms with Crippen molar-refractivity contribution >= 4 is 17.6 Å². The number of pyridine rings is 1. The molecule has 0 bridgehead atoms. The van der Waals surface area contributed by atoms with E-state index < -0.39 is 6.10 Å². The van der Waals surface area contributed by atoms with E-state index in [4.69, 9.17) is 4.74 Å². The highest BCUT2D eigenvalue weighted by Crippen LogP contribution is 2.24. The number of ether oxygens (including phenoxy) is 1. The zero-order valence-electron chi connectivity index (χ0n) is 21.5. The summed E-state index contributed by atoms with van der Waals surface area (Å²) in [5.74, 6) is 0.0827. The van der Waals surface area contributed by atoms with Gasteiger partial charge in [0, 0.05) is 57.2 Å². The zero-order chi connectivity index (χ0) is 25.0. The molecular formula is C28H40N4O3. The van der Waals surface area contributed by atoms with E-state index in [0.29, 0.717) is 19.6 Å². The van der Waals surface area contributed by atoms with Gasteiger partial charge in [0.25, 0.3) is 5.91 Å². The summed E-state index contributed by atoms with van der Waals surface area (Å²) in [5.41, 5.74) is 3.54. The lowest BCUT2D eigenvalue weighted by atomic mass is 10.0. The van der Waals surface area contributed by atoms with Crippen LogP contribution in [0.5, 0.6) is 0 Å². The number of urea groups is 1. The van der Waals surface area contributed by atoms with Crippen molar-refractivity contribution in [3.8, 4) is 11.3 Å². The summed E-state index contributed by atoms with van der Waals surface area (Å²) in [4.78, 5) is 33.7. The molecular weight excluding hydrogens is 440 g/mol. The molecule has 7 heteroatoms. The Bertz CT molecular complexity index is 941. The van der Waals surface area contributed by atoms with Gasteiger partial charge in [0.05, 0.1) is 5.69 Å². The first-order valence-electron chi connectivity index (χ1n) is 13.0. The van der Waals surface area contributed by atoms with Crippen molar-refractivity contribution in [3.63, 3.8) is 0 Å². The highest BCUT2D eigenvalue weighted by atomic mass is 16.5. The molecule has 0 saturated carbocycles. The van der Waals surface area contributed by atoms with Crippen LogP contribution in [0.3, 0.4) is 0 Å². The van der Waals surface area contributed by atoms with Crippen LogP contribution in [0.1, 0.15) is 57.9 Å². The molecule has 1 N–H and O–H groups in total. The summed E-state index contributed by atoms with van der Waals surface area (Å²) in [5, 5.41) is 2.97. The van der Waals surface area contributed by atoms with Crippen molar-refractivity contribution in [1.29, 1.82) is 0 Å². The Morgan fingerprint density at radius 2 is 1.91 bits per heavy atom. The number of piperidine rings is 1. The fourth-order valence-corrected chi connectivity index (χ4v) is 4.35. The van der Waals surface area contributed by atoms with E-state index in [9.17, 15) is 9.59 Å². The van der Waals surface area contributed by atoms with E-state index in [2.05, 4.69) is 17.2 Å². The number of rotatable bonds is 11. The lowest BCUT2D eigenvalue weighted by molar-refractivity contribution is -0.144. The topological polar surface area (TPSA) is 74.8 Å². The summed E-state index contributed by atoms with van der Waals surface area (Å²) in [6, 6.07) is 11.7. The van der Waals surface area contributed by atoms with Gasteiger partial charge in [0.15, 0.2) is 0 Å². The number of carbonyl (C=O) groups excluding carboxylic acids is 2. The third-order valence-corrected chi connectivity index (χ3v) is 6.45. The van der Waals surface area contributed by atoms with Gasteiger partial charge in [0.2, 0.25) is 0 Å². The number of hydrogen-bond acceptors (Lipinski definition) is 4. The third kappa shape index (κ3) is 7.79. The van der Waals surface area contributed by atoms with Gasteiger partial charge in [-0.25, -0.2) is 4.79 Å². The molecule has 1 saturated heterocycles. The summed E-state index contributed by atoms with van der Waals surface area (Å²) in [6.07, 6.45) is 8.40. The van der Waals surface area contributed by atoms with Crippen molar-refractivity contribution in [3.05, 3.63) is 48.2 Å². The first kappa shape index (κ1) is 26.7. The van der Waals surface area contributed by atoms with Crippen LogP contribution in [0, 0.1) is 0 Å². The van der Waals surface area contributed by atoms with Gasteiger partial charge in [0.1, 0.15) is 6.10 Å². The number of anilines is 1. The summed E-state index contributed by atoms with van der Waals surface area (Å²) in [7, 11) is 1.78. The fraction of sp³-hybridized carbons (Fsp3) is 0.536. The highest BCUT2D eigenvalue weighted by molar-refractivity contribution is 5.92. The van der Waals surface area contributed by atoms with Crippen LogP contribution in [0.25, 0.3) is 11.3 Å².